The summed E-state index contributed by atoms with van der Waals surface area (Å²) in [6.45, 7) is 4.34. The van der Waals surface area contributed by atoms with Crippen LogP contribution in [-0.4, -0.2) is 14.1 Å². The number of hydrogen-bond acceptors (Lipinski definition) is 2. The molecule has 3 rings (SSSR count). The first-order valence-electron chi connectivity index (χ1n) is 8.27. The van der Waals surface area contributed by atoms with Gasteiger partial charge in [-0.05, 0) is 54.8 Å². The molecule has 2 aromatic carbocycles. The van der Waals surface area contributed by atoms with E-state index in [1.807, 2.05) is 0 Å². The fourth-order valence-corrected chi connectivity index (χ4v) is 3.39. The highest BCUT2D eigenvalue weighted by atomic mass is 79.9. The molecule has 0 amide bonds. The summed E-state index contributed by atoms with van der Waals surface area (Å²) in [6.07, 6.45) is 7.69. The summed E-state index contributed by atoms with van der Waals surface area (Å²) in [6, 6.07) is 13.0. The maximum Gasteiger partial charge on any atom is 0.0496 e. The van der Waals surface area contributed by atoms with E-state index >= 15 is 0 Å². The Morgan fingerprint density at radius 3 is 2.67 bits per heavy atom. The minimum Gasteiger partial charge on any atom is -0.378 e. The maximum atomic E-state index is 3.65. The van der Waals surface area contributed by atoms with E-state index in [9.17, 15) is 0 Å². The monoisotopic (exact) mass is 382 g/mol. The first kappa shape index (κ1) is 16.8. The van der Waals surface area contributed by atoms with Gasteiger partial charge in [-0.2, -0.15) is 0 Å². The van der Waals surface area contributed by atoms with Gasteiger partial charge in [0, 0.05) is 47.4 Å². The number of anilines is 2. The molecular formula is C21H23BrN2. The minimum absolute atomic E-state index is 1.00. The third-order valence-electron chi connectivity index (χ3n) is 4.39. The van der Waals surface area contributed by atoms with E-state index in [0.29, 0.717) is 0 Å². The summed E-state index contributed by atoms with van der Waals surface area (Å²) in [5, 5.41) is 0. The topological polar surface area (TPSA) is 6.48 Å². The van der Waals surface area contributed by atoms with Gasteiger partial charge in [-0.25, -0.2) is 0 Å². The molecule has 2 aromatic rings. The molecule has 1 aliphatic rings. The van der Waals surface area contributed by atoms with Crippen molar-refractivity contribution in [3.8, 4) is 0 Å². The fourth-order valence-electron chi connectivity index (χ4n) is 3.03. The van der Waals surface area contributed by atoms with Crippen molar-refractivity contribution in [3.63, 3.8) is 0 Å². The van der Waals surface area contributed by atoms with Crippen LogP contribution in [0.4, 0.5) is 11.4 Å². The molecule has 1 aliphatic heterocycles. The smallest absolute Gasteiger partial charge is 0.0496 e. The average Bonchev–Trinajstić information content (AvgIpc) is 2.57. The third-order valence-corrected chi connectivity index (χ3v) is 5.25. The summed E-state index contributed by atoms with van der Waals surface area (Å²) < 4.78 is 1.14. The predicted molar refractivity (Wildman–Crippen MR) is 109 cm³/mol. The van der Waals surface area contributed by atoms with Crippen LogP contribution in [0, 0.1) is 6.92 Å². The van der Waals surface area contributed by atoms with Gasteiger partial charge in [-0.3, -0.25) is 0 Å². The third kappa shape index (κ3) is 3.01. The zero-order chi connectivity index (χ0) is 17.3. The molecule has 0 fully saturated rings. The number of allylic oxidation sites excluding steroid dienone is 1. The molecule has 3 heteroatoms. The Kier molecular flexibility index (Phi) is 4.81. The highest BCUT2D eigenvalue weighted by molar-refractivity contribution is 9.10. The zero-order valence-corrected chi connectivity index (χ0v) is 16.3. The Bertz CT molecular complexity index is 819. The molecule has 0 aromatic heterocycles. The van der Waals surface area contributed by atoms with E-state index in [4.69, 9.17) is 0 Å². The molecule has 24 heavy (non-hydrogen) atoms. The lowest BCUT2D eigenvalue weighted by Gasteiger charge is -2.31. The van der Waals surface area contributed by atoms with Crippen LogP contribution in [0.15, 0.2) is 53.1 Å². The van der Waals surface area contributed by atoms with E-state index < -0.39 is 0 Å². The van der Waals surface area contributed by atoms with Gasteiger partial charge in [0.05, 0.1) is 0 Å². The van der Waals surface area contributed by atoms with Crippen LogP contribution in [0.2, 0.25) is 0 Å². The lowest BCUT2D eigenvalue weighted by atomic mass is 9.97. The molecule has 0 radical (unpaired) electrons. The second-order valence-corrected chi connectivity index (χ2v) is 7.09. The van der Waals surface area contributed by atoms with Gasteiger partial charge in [0.2, 0.25) is 0 Å². The van der Waals surface area contributed by atoms with E-state index in [0.717, 1.165) is 10.9 Å². The molecule has 0 aliphatic carbocycles. The second kappa shape index (κ2) is 6.86. The molecule has 1 heterocycles. The summed E-state index contributed by atoms with van der Waals surface area (Å²) in [7, 11) is 4.16. The number of halogens is 1. The Hall–Kier alpha value is -2.00. The van der Waals surface area contributed by atoms with Crippen LogP contribution in [0.3, 0.4) is 0 Å². The molecule has 2 nitrogen and oxygen atoms in total. The molecule has 0 atom stereocenters. The maximum absolute atomic E-state index is 3.65. The predicted octanol–water partition coefficient (Wildman–Crippen LogP) is 6.07. The molecule has 0 spiro atoms. The number of nitrogens with zero attached hydrogens (tertiary/aromatic N) is 2. The Labute approximate surface area is 153 Å². The molecule has 0 N–H and O–H groups in total. The van der Waals surface area contributed by atoms with Crippen molar-refractivity contribution in [2.24, 2.45) is 0 Å². The van der Waals surface area contributed by atoms with Gasteiger partial charge in [-0.15, -0.1) is 0 Å². The van der Waals surface area contributed by atoms with E-state index in [2.05, 4.69) is 108 Å². The Morgan fingerprint density at radius 2 is 1.96 bits per heavy atom. The summed E-state index contributed by atoms with van der Waals surface area (Å²) in [5.41, 5.74) is 7.48. The lowest BCUT2D eigenvalue weighted by Crippen LogP contribution is -2.19. The first-order chi connectivity index (χ1) is 11.5. The largest absolute Gasteiger partial charge is 0.378 e. The SMILES string of the molecule is CC/C=C1/c2ccc(N(C)C)cc2C=CN1c1cccc(Br)c1C. The van der Waals surface area contributed by atoms with Crippen LogP contribution >= 0.6 is 15.9 Å². The van der Waals surface area contributed by atoms with Gasteiger partial charge in [0.25, 0.3) is 0 Å². The van der Waals surface area contributed by atoms with Crippen molar-refractivity contribution in [2.45, 2.75) is 20.3 Å². The van der Waals surface area contributed by atoms with E-state index in [-0.39, 0.29) is 0 Å². The van der Waals surface area contributed by atoms with Crippen LogP contribution in [0.25, 0.3) is 11.8 Å². The van der Waals surface area contributed by atoms with Gasteiger partial charge in [-0.1, -0.05) is 41.1 Å². The van der Waals surface area contributed by atoms with E-state index in [1.54, 1.807) is 0 Å². The lowest BCUT2D eigenvalue weighted by molar-refractivity contribution is 1.12. The Morgan fingerprint density at radius 1 is 1.17 bits per heavy atom. The van der Waals surface area contributed by atoms with Crippen molar-refractivity contribution in [1.82, 2.24) is 0 Å². The average molecular weight is 383 g/mol. The standard InChI is InChI=1S/C21H23BrN2/c1-5-7-21-18-11-10-17(23(3)4)14-16(18)12-13-24(21)20-9-6-8-19(22)15(20)2/h6-14H,5H2,1-4H3/b21-7-. The molecule has 0 saturated heterocycles. The number of hydrogen-bond donors (Lipinski definition) is 0. The van der Waals surface area contributed by atoms with Crippen LogP contribution < -0.4 is 9.80 Å². The second-order valence-electron chi connectivity index (χ2n) is 6.23. The highest BCUT2D eigenvalue weighted by Crippen LogP contribution is 2.38. The summed E-state index contributed by atoms with van der Waals surface area (Å²) in [4.78, 5) is 4.43. The van der Waals surface area contributed by atoms with Crippen molar-refractivity contribution in [3.05, 3.63) is 69.8 Å². The van der Waals surface area contributed by atoms with Crippen molar-refractivity contribution in [2.75, 3.05) is 23.9 Å². The van der Waals surface area contributed by atoms with Crippen LogP contribution in [0.1, 0.15) is 30.0 Å². The van der Waals surface area contributed by atoms with Crippen molar-refractivity contribution in [1.29, 1.82) is 0 Å². The van der Waals surface area contributed by atoms with Crippen molar-refractivity contribution >= 4 is 39.1 Å². The Balaban J connectivity index is 2.13. The number of fused-ring (bicyclic) bond motifs is 1. The molecule has 124 valence electrons. The van der Waals surface area contributed by atoms with Crippen molar-refractivity contribution < 1.29 is 0 Å². The fraction of sp³-hybridized carbons (Fsp3) is 0.238. The minimum atomic E-state index is 1.00. The highest BCUT2D eigenvalue weighted by Gasteiger charge is 2.20. The zero-order valence-electron chi connectivity index (χ0n) is 14.7. The van der Waals surface area contributed by atoms with Gasteiger partial charge in [0.1, 0.15) is 0 Å². The van der Waals surface area contributed by atoms with Gasteiger partial charge < -0.3 is 9.80 Å². The first-order valence-corrected chi connectivity index (χ1v) is 9.06. The molecule has 0 unspecified atom stereocenters. The quantitative estimate of drug-likeness (QED) is 0.635. The van der Waals surface area contributed by atoms with Gasteiger partial charge >= 0.3 is 0 Å². The van der Waals surface area contributed by atoms with Crippen LogP contribution in [-0.2, 0) is 0 Å². The van der Waals surface area contributed by atoms with Crippen LogP contribution in [0.5, 0.6) is 0 Å². The normalized spacial score (nSPS) is 14.9. The summed E-state index contributed by atoms with van der Waals surface area (Å²) >= 11 is 3.65. The van der Waals surface area contributed by atoms with E-state index in [1.165, 1.54) is 33.8 Å². The molecule has 0 saturated carbocycles. The molecular weight excluding hydrogens is 360 g/mol. The summed E-state index contributed by atoms with van der Waals surface area (Å²) in [5.74, 6) is 0. The molecule has 0 bridgehead atoms. The number of benzene rings is 2. The van der Waals surface area contributed by atoms with Gasteiger partial charge in [0.15, 0.2) is 0 Å². The number of rotatable bonds is 3.